The van der Waals surface area contributed by atoms with Crippen LogP contribution in [0.4, 0.5) is 0 Å². The summed E-state index contributed by atoms with van der Waals surface area (Å²) >= 11 is 0. The van der Waals surface area contributed by atoms with Crippen molar-refractivity contribution in [2.45, 2.75) is 19.8 Å². The zero-order valence-electron chi connectivity index (χ0n) is 20.5. The quantitative estimate of drug-likeness (QED) is 0.234. The normalized spacial score (nSPS) is 12.2. The van der Waals surface area contributed by atoms with Gasteiger partial charge in [-0.15, -0.1) is 0 Å². The number of aromatic nitrogens is 1. The predicted octanol–water partition coefficient (Wildman–Crippen LogP) is 8.47. The second kappa shape index (κ2) is 8.98. The molecule has 0 N–H and O–H groups in total. The molecule has 2 heteroatoms. The van der Waals surface area contributed by atoms with Gasteiger partial charge < -0.3 is 4.57 Å². The van der Waals surface area contributed by atoms with Crippen molar-refractivity contribution in [2.75, 3.05) is 0 Å². The minimum atomic E-state index is 0.0412. The number of benzene rings is 5. The second-order valence-electron chi connectivity index (χ2n) is 9.51. The summed E-state index contributed by atoms with van der Waals surface area (Å²) in [5.74, 6) is 0.349. The van der Waals surface area contributed by atoms with Gasteiger partial charge in [-0.05, 0) is 66.6 Å². The molecule has 0 aliphatic rings. The van der Waals surface area contributed by atoms with E-state index in [1.54, 1.807) is 0 Å². The van der Waals surface area contributed by atoms with Crippen molar-refractivity contribution in [2.24, 2.45) is 0 Å². The maximum atomic E-state index is 12.9. The molecule has 2 nitrogen and oxygen atoms in total. The van der Waals surface area contributed by atoms with Gasteiger partial charge in [0, 0.05) is 33.5 Å². The third-order valence-electron chi connectivity index (χ3n) is 7.17. The molecule has 0 amide bonds. The van der Waals surface area contributed by atoms with Crippen molar-refractivity contribution in [1.82, 2.24) is 4.57 Å². The van der Waals surface area contributed by atoms with Crippen LogP contribution in [0.15, 0.2) is 121 Å². The molecule has 0 spiro atoms. The lowest BCUT2D eigenvalue weighted by Crippen LogP contribution is -2.02. The molecule has 0 saturated carbocycles. The van der Waals surface area contributed by atoms with Crippen LogP contribution >= 0.6 is 0 Å². The van der Waals surface area contributed by atoms with E-state index in [0.29, 0.717) is 17.0 Å². The van der Waals surface area contributed by atoms with Crippen LogP contribution in [0.2, 0.25) is 0 Å². The fourth-order valence-corrected chi connectivity index (χ4v) is 5.15. The molecule has 1 unspecified atom stereocenters. The van der Waals surface area contributed by atoms with Crippen molar-refractivity contribution in [3.8, 4) is 5.69 Å². The average Bonchev–Trinajstić information content (AvgIpc) is 3.26. The van der Waals surface area contributed by atoms with Crippen molar-refractivity contribution >= 4 is 27.6 Å². The van der Waals surface area contributed by atoms with E-state index >= 15 is 0 Å². The highest BCUT2D eigenvalue weighted by molar-refractivity contribution is 6.10. The number of hydrogen-bond donors (Lipinski definition) is 0. The van der Waals surface area contributed by atoms with Crippen molar-refractivity contribution in [1.29, 1.82) is 0 Å². The summed E-state index contributed by atoms with van der Waals surface area (Å²) in [6, 6.07) is 41.5. The molecule has 0 aliphatic carbocycles. The summed E-state index contributed by atoms with van der Waals surface area (Å²) < 4.78 is 2.30. The number of carbonyl (C=O) groups is 1. The Morgan fingerprint density at radius 2 is 1.19 bits per heavy atom. The van der Waals surface area contributed by atoms with Crippen LogP contribution in [-0.2, 0) is 0 Å². The average molecular weight is 466 g/mol. The summed E-state index contributed by atoms with van der Waals surface area (Å²) in [5.41, 5.74) is 8.65. The number of carbonyl (C=O) groups excluding carboxylic acids is 1. The summed E-state index contributed by atoms with van der Waals surface area (Å²) in [6.07, 6.45) is 0. The van der Waals surface area contributed by atoms with Crippen LogP contribution in [0.25, 0.3) is 27.5 Å². The molecule has 0 radical (unpaired) electrons. The Morgan fingerprint density at radius 1 is 0.611 bits per heavy atom. The van der Waals surface area contributed by atoms with Gasteiger partial charge in [0.05, 0.1) is 11.0 Å². The fourth-order valence-electron chi connectivity index (χ4n) is 5.15. The summed E-state index contributed by atoms with van der Waals surface area (Å²) in [5, 5.41) is 2.50. The Hall–Kier alpha value is -4.43. The highest BCUT2D eigenvalue weighted by Gasteiger charge is 2.16. The number of aryl methyl sites for hydroxylation is 1. The Bertz CT molecular complexity index is 1690. The molecule has 0 fully saturated rings. The number of fused-ring (bicyclic) bond motifs is 3. The third kappa shape index (κ3) is 3.81. The van der Waals surface area contributed by atoms with Gasteiger partial charge in [-0.3, -0.25) is 4.79 Å². The second-order valence-corrected chi connectivity index (χ2v) is 9.51. The first-order valence-electron chi connectivity index (χ1n) is 12.4. The summed E-state index contributed by atoms with van der Waals surface area (Å²) in [7, 11) is 0. The first kappa shape index (κ1) is 22.1. The van der Waals surface area contributed by atoms with Crippen molar-refractivity contribution in [3.05, 3.63) is 149 Å². The van der Waals surface area contributed by atoms with E-state index in [1.165, 1.54) is 38.5 Å². The van der Waals surface area contributed by atoms with Gasteiger partial charge in [0.2, 0.25) is 0 Å². The molecular formula is C34H27NO. The Kier molecular flexibility index (Phi) is 5.50. The number of rotatable bonds is 5. The molecule has 174 valence electrons. The van der Waals surface area contributed by atoms with Gasteiger partial charge in [-0.2, -0.15) is 0 Å². The SMILES string of the molecule is Cc1ccc2c(c1)c1cc(C(C)c3ccccc3)ccc1n2-c1ccc(C(=O)c2ccccc2)cc1. The highest BCUT2D eigenvalue weighted by atomic mass is 16.1. The molecule has 1 aromatic heterocycles. The van der Waals surface area contributed by atoms with Gasteiger partial charge in [-0.1, -0.05) is 85.3 Å². The lowest BCUT2D eigenvalue weighted by Gasteiger charge is -2.13. The van der Waals surface area contributed by atoms with Crippen molar-refractivity contribution < 1.29 is 4.79 Å². The topological polar surface area (TPSA) is 22.0 Å². The van der Waals surface area contributed by atoms with Crippen LogP contribution in [-0.4, -0.2) is 10.4 Å². The highest BCUT2D eigenvalue weighted by Crippen LogP contribution is 2.35. The monoisotopic (exact) mass is 465 g/mol. The first-order valence-corrected chi connectivity index (χ1v) is 12.4. The van der Waals surface area contributed by atoms with Crippen LogP contribution in [0, 0.1) is 6.92 Å². The number of hydrogen-bond acceptors (Lipinski definition) is 1. The maximum absolute atomic E-state index is 12.9. The zero-order chi connectivity index (χ0) is 24.6. The maximum Gasteiger partial charge on any atom is 0.193 e. The lowest BCUT2D eigenvalue weighted by atomic mass is 9.92. The minimum Gasteiger partial charge on any atom is -0.309 e. The molecule has 0 bridgehead atoms. The molecule has 0 saturated heterocycles. The van der Waals surface area contributed by atoms with Gasteiger partial charge >= 0.3 is 0 Å². The van der Waals surface area contributed by atoms with E-state index in [4.69, 9.17) is 0 Å². The van der Waals surface area contributed by atoms with Crippen LogP contribution in [0.5, 0.6) is 0 Å². The molecule has 0 aliphatic heterocycles. The summed E-state index contributed by atoms with van der Waals surface area (Å²) in [6.45, 7) is 4.41. The lowest BCUT2D eigenvalue weighted by molar-refractivity contribution is 0.103. The smallest absolute Gasteiger partial charge is 0.193 e. The Morgan fingerprint density at radius 3 is 1.89 bits per heavy atom. The Balaban J connectivity index is 1.47. The summed E-state index contributed by atoms with van der Waals surface area (Å²) in [4.78, 5) is 12.9. The third-order valence-corrected chi connectivity index (χ3v) is 7.17. The van der Waals surface area contributed by atoms with E-state index in [9.17, 15) is 4.79 Å². The number of ketones is 1. The fraction of sp³-hybridized carbons (Fsp3) is 0.0882. The molecule has 6 aromatic rings. The Labute approximate surface area is 211 Å². The van der Waals surface area contributed by atoms with Gasteiger partial charge in [0.25, 0.3) is 0 Å². The first-order chi connectivity index (χ1) is 17.6. The zero-order valence-corrected chi connectivity index (χ0v) is 20.5. The standard InChI is InChI=1S/C34H27NO/c1-23-13-19-32-30(21-23)31-22-28(24(2)25-9-5-3-6-10-25)16-20-33(31)35(32)29-17-14-27(15-18-29)34(36)26-11-7-4-8-12-26/h3-22,24H,1-2H3. The van der Waals surface area contributed by atoms with Crippen LogP contribution < -0.4 is 0 Å². The van der Waals surface area contributed by atoms with E-state index in [0.717, 1.165) is 5.69 Å². The molecule has 5 aromatic carbocycles. The van der Waals surface area contributed by atoms with E-state index in [2.05, 4.69) is 97.3 Å². The molecule has 6 rings (SSSR count). The molecular weight excluding hydrogens is 438 g/mol. The van der Waals surface area contributed by atoms with E-state index in [-0.39, 0.29) is 5.78 Å². The molecule has 1 atom stereocenters. The predicted molar refractivity (Wildman–Crippen MR) is 149 cm³/mol. The van der Waals surface area contributed by atoms with Crippen LogP contribution in [0.1, 0.15) is 45.5 Å². The largest absolute Gasteiger partial charge is 0.309 e. The molecule has 1 heterocycles. The van der Waals surface area contributed by atoms with Gasteiger partial charge in [-0.25, -0.2) is 0 Å². The van der Waals surface area contributed by atoms with E-state index in [1.807, 2.05) is 42.5 Å². The van der Waals surface area contributed by atoms with Gasteiger partial charge in [0.1, 0.15) is 0 Å². The van der Waals surface area contributed by atoms with Crippen LogP contribution in [0.3, 0.4) is 0 Å². The molecule has 36 heavy (non-hydrogen) atoms. The van der Waals surface area contributed by atoms with Crippen molar-refractivity contribution in [3.63, 3.8) is 0 Å². The van der Waals surface area contributed by atoms with E-state index < -0.39 is 0 Å². The van der Waals surface area contributed by atoms with Gasteiger partial charge in [0.15, 0.2) is 5.78 Å². The minimum absolute atomic E-state index is 0.0412. The number of nitrogens with zero attached hydrogens (tertiary/aromatic N) is 1.